The molecule has 0 heterocycles. The number of nitrogens with two attached hydrogens (primary N) is 2. The molecule has 0 atom stereocenters. The first-order valence-corrected chi connectivity index (χ1v) is 4.95. The molecule has 0 fully saturated rings. The molecule has 6 N–H and O–H groups in total. The van der Waals surface area contributed by atoms with E-state index in [0.29, 0.717) is 23.2 Å². The van der Waals surface area contributed by atoms with Gasteiger partial charge in [-0.2, -0.15) is 0 Å². The number of anilines is 1. The van der Waals surface area contributed by atoms with Gasteiger partial charge in [0.2, 0.25) is 6.41 Å². The number of rotatable bonds is 4. The average Bonchev–Trinajstić information content (AvgIpc) is 2.37. The standard InChI is InChI=1S/C10H13FN2O.CH4N2O/c1-3-7-4-8(11)5-10(13(2)12)9(7)6-14;2-3-1-4/h3-5,14H,1,6,12H2,2H3;1H,2H2,(H,3,4). The highest BCUT2D eigenvalue weighted by molar-refractivity contribution is 5.64. The normalized spacial score (nSPS) is 8.94. The molecular formula is C11H17FN4O2. The number of nitrogens with one attached hydrogen (secondary N) is 1. The van der Waals surface area contributed by atoms with Crippen molar-refractivity contribution in [3.8, 4) is 0 Å². The number of carbonyl (C=O) groups excluding carboxylic acids is 1. The summed E-state index contributed by atoms with van der Waals surface area (Å²) < 4.78 is 13.1. The van der Waals surface area contributed by atoms with E-state index in [1.54, 1.807) is 12.5 Å². The minimum absolute atomic E-state index is 0.196. The summed E-state index contributed by atoms with van der Waals surface area (Å²) >= 11 is 0. The van der Waals surface area contributed by atoms with Crippen molar-refractivity contribution in [3.05, 3.63) is 35.7 Å². The summed E-state index contributed by atoms with van der Waals surface area (Å²) in [6, 6.07) is 2.59. The second-order valence-corrected chi connectivity index (χ2v) is 3.25. The fourth-order valence-corrected chi connectivity index (χ4v) is 1.31. The van der Waals surface area contributed by atoms with Gasteiger partial charge in [0.25, 0.3) is 0 Å². The number of benzene rings is 1. The Balaban J connectivity index is 0.000000631. The summed E-state index contributed by atoms with van der Waals surface area (Å²) in [6.07, 6.45) is 1.89. The number of aliphatic hydroxyl groups excluding tert-OH is 1. The van der Waals surface area contributed by atoms with Crippen LogP contribution in [0.15, 0.2) is 18.7 Å². The van der Waals surface area contributed by atoms with Crippen molar-refractivity contribution in [2.24, 2.45) is 11.7 Å². The van der Waals surface area contributed by atoms with Gasteiger partial charge >= 0.3 is 0 Å². The van der Waals surface area contributed by atoms with Crippen molar-refractivity contribution < 1.29 is 14.3 Å². The molecule has 0 bridgehead atoms. The van der Waals surface area contributed by atoms with E-state index in [4.69, 9.17) is 15.7 Å². The SMILES string of the molecule is C=Cc1cc(F)cc(N(C)N)c1CO.NNC=O. The first-order chi connectivity index (χ1) is 8.51. The Kier molecular flexibility index (Phi) is 7.29. The molecule has 0 unspecified atom stereocenters. The molecule has 0 saturated carbocycles. The molecule has 0 spiro atoms. The molecule has 6 nitrogen and oxygen atoms in total. The highest BCUT2D eigenvalue weighted by atomic mass is 19.1. The van der Waals surface area contributed by atoms with Crippen LogP contribution in [0.4, 0.5) is 10.1 Å². The van der Waals surface area contributed by atoms with Gasteiger partial charge in [-0.15, -0.1) is 0 Å². The molecule has 1 rings (SSSR count). The lowest BCUT2D eigenvalue weighted by atomic mass is 10.1. The van der Waals surface area contributed by atoms with Crippen LogP contribution in [0.3, 0.4) is 0 Å². The monoisotopic (exact) mass is 256 g/mol. The number of nitrogens with zero attached hydrogens (tertiary/aromatic N) is 1. The van der Waals surface area contributed by atoms with Crippen molar-refractivity contribution in [3.63, 3.8) is 0 Å². The lowest BCUT2D eigenvalue weighted by molar-refractivity contribution is -0.109. The van der Waals surface area contributed by atoms with Crippen LogP contribution in [-0.4, -0.2) is 18.6 Å². The van der Waals surface area contributed by atoms with Crippen molar-refractivity contribution in [2.75, 3.05) is 12.1 Å². The molecule has 7 heteroatoms. The summed E-state index contributed by atoms with van der Waals surface area (Å²) in [5.74, 6) is 9.51. The van der Waals surface area contributed by atoms with Gasteiger partial charge in [0.15, 0.2) is 0 Å². The smallest absolute Gasteiger partial charge is 0.221 e. The number of aliphatic hydroxyl groups is 1. The fourth-order valence-electron chi connectivity index (χ4n) is 1.31. The summed E-state index contributed by atoms with van der Waals surface area (Å²) in [5.41, 5.74) is 3.34. The van der Waals surface area contributed by atoms with Crippen molar-refractivity contribution in [1.82, 2.24) is 5.43 Å². The van der Waals surface area contributed by atoms with E-state index >= 15 is 0 Å². The Bertz CT molecular complexity index is 410. The molecule has 18 heavy (non-hydrogen) atoms. The van der Waals surface area contributed by atoms with Crippen LogP contribution >= 0.6 is 0 Å². The van der Waals surface area contributed by atoms with Crippen molar-refractivity contribution in [2.45, 2.75) is 6.61 Å². The predicted octanol–water partition coefficient (Wildman–Crippen LogP) is -0.123. The van der Waals surface area contributed by atoms with Gasteiger partial charge in [0, 0.05) is 12.6 Å². The molecule has 1 aromatic carbocycles. The molecule has 0 aromatic heterocycles. The second-order valence-electron chi connectivity index (χ2n) is 3.25. The van der Waals surface area contributed by atoms with Gasteiger partial charge in [-0.3, -0.25) is 10.2 Å². The number of hydrazine groups is 2. The molecule has 1 amide bonds. The zero-order chi connectivity index (χ0) is 14.1. The Morgan fingerprint density at radius 2 is 2.17 bits per heavy atom. The molecule has 100 valence electrons. The van der Waals surface area contributed by atoms with Crippen LogP contribution in [0, 0.1) is 5.82 Å². The summed E-state index contributed by atoms with van der Waals surface area (Å²) in [4.78, 5) is 8.94. The van der Waals surface area contributed by atoms with Gasteiger partial charge in [-0.05, 0) is 17.7 Å². The zero-order valence-electron chi connectivity index (χ0n) is 10.1. The average molecular weight is 256 g/mol. The third kappa shape index (κ3) is 4.50. The van der Waals surface area contributed by atoms with Crippen LogP contribution in [0.5, 0.6) is 0 Å². The number of carbonyl (C=O) groups is 1. The maximum absolute atomic E-state index is 13.1. The van der Waals surface area contributed by atoms with Gasteiger partial charge in [-0.1, -0.05) is 12.7 Å². The largest absolute Gasteiger partial charge is 0.392 e. The highest BCUT2D eigenvalue weighted by Gasteiger charge is 2.10. The predicted molar refractivity (Wildman–Crippen MR) is 68.4 cm³/mol. The summed E-state index contributed by atoms with van der Waals surface area (Å²) in [5, 5.41) is 10.4. The van der Waals surface area contributed by atoms with Gasteiger partial charge in [0.05, 0.1) is 12.3 Å². The number of halogens is 1. The van der Waals surface area contributed by atoms with Gasteiger partial charge in [-0.25, -0.2) is 16.1 Å². The maximum Gasteiger partial charge on any atom is 0.221 e. The number of hydrogen-bond acceptors (Lipinski definition) is 5. The van der Waals surface area contributed by atoms with Gasteiger partial charge in [0.1, 0.15) is 5.82 Å². The fraction of sp³-hybridized carbons (Fsp3) is 0.182. The zero-order valence-corrected chi connectivity index (χ0v) is 10.1. The minimum atomic E-state index is -0.399. The van der Waals surface area contributed by atoms with E-state index in [0.717, 1.165) is 0 Å². The Labute approximate surface area is 105 Å². The Morgan fingerprint density at radius 3 is 2.50 bits per heavy atom. The first-order valence-electron chi connectivity index (χ1n) is 4.95. The molecule has 0 aliphatic rings. The number of hydrogen-bond donors (Lipinski definition) is 4. The van der Waals surface area contributed by atoms with Crippen LogP contribution in [0.25, 0.3) is 6.08 Å². The molecule has 0 aliphatic carbocycles. The third-order valence-corrected chi connectivity index (χ3v) is 2.05. The third-order valence-electron chi connectivity index (χ3n) is 2.05. The first kappa shape index (κ1) is 16.0. The van der Waals surface area contributed by atoms with E-state index in [1.807, 2.05) is 0 Å². The lowest BCUT2D eigenvalue weighted by Crippen LogP contribution is -2.26. The molecule has 0 aliphatic heterocycles. The van der Waals surface area contributed by atoms with Crippen LogP contribution in [-0.2, 0) is 11.4 Å². The molecule has 0 saturated heterocycles. The van der Waals surface area contributed by atoms with Gasteiger partial charge < -0.3 is 10.1 Å². The molecular weight excluding hydrogens is 239 g/mol. The Morgan fingerprint density at radius 1 is 1.61 bits per heavy atom. The van der Waals surface area contributed by atoms with Crippen LogP contribution < -0.4 is 22.1 Å². The van der Waals surface area contributed by atoms with Crippen LogP contribution in [0.1, 0.15) is 11.1 Å². The van der Waals surface area contributed by atoms with Crippen LogP contribution in [0.2, 0.25) is 0 Å². The van der Waals surface area contributed by atoms with E-state index < -0.39 is 5.82 Å². The van der Waals surface area contributed by atoms with Crippen molar-refractivity contribution in [1.29, 1.82) is 0 Å². The summed E-state index contributed by atoms with van der Waals surface area (Å²) in [7, 11) is 1.58. The number of amides is 1. The minimum Gasteiger partial charge on any atom is -0.392 e. The van der Waals surface area contributed by atoms with E-state index in [9.17, 15) is 4.39 Å². The topological polar surface area (TPSA) is 105 Å². The highest BCUT2D eigenvalue weighted by Crippen LogP contribution is 2.24. The quantitative estimate of drug-likeness (QED) is 0.260. The van der Waals surface area contributed by atoms with Crippen molar-refractivity contribution >= 4 is 18.2 Å². The lowest BCUT2D eigenvalue weighted by Gasteiger charge is -2.17. The maximum atomic E-state index is 13.1. The second kappa shape index (κ2) is 8.18. The Hall–Kier alpha value is -1.96. The summed E-state index contributed by atoms with van der Waals surface area (Å²) in [6.45, 7) is 3.35. The van der Waals surface area contributed by atoms with E-state index in [1.165, 1.54) is 23.2 Å². The molecule has 0 radical (unpaired) electrons. The van der Waals surface area contributed by atoms with E-state index in [-0.39, 0.29) is 6.61 Å². The van der Waals surface area contributed by atoms with E-state index in [2.05, 4.69) is 12.4 Å². The molecule has 1 aromatic rings.